The van der Waals surface area contributed by atoms with Gasteiger partial charge in [-0.25, -0.2) is 22.0 Å². The molecule has 0 amide bonds. The van der Waals surface area contributed by atoms with E-state index in [4.69, 9.17) is 0 Å². The molecule has 0 atom stereocenters. The van der Waals surface area contributed by atoms with Crippen LogP contribution in [0.25, 0.3) is 27.5 Å². The van der Waals surface area contributed by atoms with Gasteiger partial charge < -0.3 is 4.57 Å². The highest BCUT2D eigenvalue weighted by Gasteiger charge is 2.26. The predicted octanol–water partition coefficient (Wildman–Crippen LogP) is 6.40. The maximum Gasteiger partial charge on any atom is 0.148 e. The zero-order chi connectivity index (χ0) is 19.6. The van der Waals surface area contributed by atoms with Gasteiger partial charge in [-0.3, -0.25) is 0 Å². The minimum atomic E-state index is -0.850. The topological polar surface area (TPSA) is 4.93 Å². The van der Waals surface area contributed by atoms with Crippen LogP contribution in [0.1, 0.15) is 16.7 Å². The van der Waals surface area contributed by atoms with E-state index >= 15 is 0 Å². The van der Waals surface area contributed by atoms with Crippen LogP contribution < -0.4 is 0 Å². The van der Waals surface area contributed by atoms with Gasteiger partial charge in [-0.05, 0) is 61.7 Å². The third kappa shape index (κ3) is 2.36. The van der Waals surface area contributed by atoms with Crippen molar-refractivity contribution in [2.45, 2.75) is 20.8 Å². The lowest BCUT2D eigenvalue weighted by Crippen LogP contribution is -2.00. The lowest BCUT2D eigenvalue weighted by atomic mass is 10.1. The van der Waals surface area contributed by atoms with E-state index in [-0.39, 0.29) is 38.6 Å². The van der Waals surface area contributed by atoms with E-state index < -0.39 is 29.1 Å². The molecule has 4 aromatic rings. The van der Waals surface area contributed by atoms with Crippen molar-refractivity contribution in [1.82, 2.24) is 4.57 Å². The van der Waals surface area contributed by atoms with Crippen LogP contribution in [-0.4, -0.2) is 4.57 Å². The zero-order valence-corrected chi connectivity index (χ0v) is 14.7. The Labute approximate surface area is 151 Å². The first kappa shape index (κ1) is 17.5. The largest absolute Gasteiger partial charge is 0.303 e. The summed E-state index contributed by atoms with van der Waals surface area (Å²) >= 11 is 0. The normalized spacial score (nSPS) is 11.7. The molecule has 0 aliphatic heterocycles. The molecule has 1 aromatic heterocycles. The molecule has 0 N–H and O–H groups in total. The Hall–Kier alpha value is -2.89. The molecule has 0 saturated carbocycles. The molecule has 0 fully saturated rings. The number of benzene rings is 3. The van der Waals surface area contributed by atoms with Gasteiger partial charge in [-0.1, -0.05) is 6.07 Å². The van der Waals surface area contributed by atoms with E-state index in [2.05, 4.69) is 0 Å². The summed E-state index contributed by atoms with van der Waals surface area (Å²) in [6.45, 7) is 4.23. The summed E-state index contributed by atoms with van der Waals surface area (Å²) in [6, 6.07) is 5.89. The highest BCUT2D eigenvalue weighted by Crippen LogP contribution is 2.39. The van der Waals surface area contributed by atoms with Crippen LogP contribution in [0.15, 0.2) is 30.3 Å². The number of rotatable bonds is 1. The first-order chi connectivity index (χ1) is 12.7. The molecule has 0 unspecified atom stereocenters. The summed E-state index contributed by atoms with van der Waals surface area (Å²) < 4.78 is 74.6. The van der Waals surface area contributed by atoms with Gasteiger partial charge in [0.05, 0.1) is 21.8 Å². The molecule has 0 saturated heterocycles. The lowest BCUT2D eigenvalue weighted by molar-refractivity contribution is 0.605. The van der Waals surface area contributed by atoms with Crippen molar-refractivity contribution in [1.29, 1.82) is 0 Å². The molecule has 0 spiro atoms. The number of halogens is 5. The Bertz CT molecular complexity index is 1180. The van der Waals surface area contributed by atoms with Crippen molar-refractivity contribution in [2.24, 2.45) is 0 Å². The van der Waals surface area contributed by atoms with Crippen LogP contribution >= 0.6 is 0 Å². The Morgan fingerprint density at radius 1 is 0.593 bits per heavy atom. The predicted molar refractivity (Wildman–Crippen MR) is 94.8 cm³/mol. The van der Waals surface area contributed by atoms with Gasteiger partial charge in [-0.2, -0.15) is 0 Å². The van der Waals surface area contributed by atoms with Crippen LogP contribution in [0.2, 0.25) is 0 Å². The second-order valence-electron chi connectivity index (χ2n) is 6.69. The zero-order valence-electron chi connectivity index (χ0n) is 14.7. The Kier molecular flexibility index (Phi) is 3.77. The van der Waals surface area contributed by atoms with E-state index in [1.807, 2.05) is 0 Å². The molecule has 0 aliphatic carbocycles. The van der Waals surface area contributed by atoms with Crippen LogP contribution in [-0.2, 0) is 0 Å². The summed E-state index contributed by atoms with van der Waals surface area (Å²) in [6.07, 6.45) is 0. The molecule has 0 radical (unpaired) electrons. The summed E-state index contributed by atoms with van der Waals surface area (Å²) in [4.78, 5) is 0. The smallest absolute Gasteiger partial charge is 0.148 e. The number of hydrogen-bond acceptors (Lipinski definition) is 0. The molecule has 4 rings (SSSR count). The summed E-state index contributed by atoms with van der Waals surface area (Å²) in [7, 11) is 0. The molecule has 6 heteroatoms. The second kappa shape index (κ2) is 5.81. The molecule has 1 nitrogen and oxygen atoms in total. The first-order valence-corrected chi connectivity index (χ1v) is 8.26. The average Bonchev–Trinajstić information content (AvgIpc) is 2.97. The Morgan fingerprint density at radius 3 is 1.52 bits per heavy atom. The molecule has 0 aliphatic rings. The van der Waals surface area contributed by atoms with E-state index in [1.54, 1.807) is 0 Å². The molecule has 27 heavy (non-hydrogen) atoms. The fourth-order valence-electron chi connectivity index (χ4n) is 3.47. The number of aromatic nitrogens is 1. The SMILES string of the molecule is Cc1ccc(-n2c3c(F)cc(C)c(F)c3c3c(F)c(C)cc(F)c32)cc1F. The Balaban J connectivity index is 2.35. The van der Waals surface area contributed by atoms with Crippen LogP contribution in [0.4, 0.5) is 22.0 Å². The van der Waals surface area contributed by atoms with Gasteiger partial charge in [0.25, 0.3) is 0 Å². The Morgan fingerprint density at radius 2 is 1.07 bits per heavy atom. The lowest BCUT2D eigenvalue weighted by Gasteiger charge is -2.11. The van der Waals surface area contributed by atoms with Gasteiger partial charge in [0.1, 0.15) is 29.1 Å². The number of fused-ring (bicyclic) bond motifs is 3. The van der Waals surface area contributed by atoms with E-state index in [0.717, 1.165) is 22.8 Å². The maximum atomic E-state index is 14.9. The summed E-state index contributed by atoms with van der Waals surface area (Å²) in [5.41, 5.74) is -0.322. The van der Waals surface area contributed by atoms with Crippen molar-refractivity contribution < 1.29 is 22.0 Å². The molecule has 0 bridgehead atoms. The molecule has 3 aromatic carbocycles. The van der Waals surface area contributed by atoms with Crippen molar-refractivity contribution in [2.75, 3.05) is 0 Å². The van der Waals surface area contributed by atoms with Gasteiger partial charge in [0.2, 0.25) is 0 Å². The third-order valence-corrected chi connectivity index (χ3v) is 4.85. The molecular weight excluding hydrogens is 361 g/mol. The molecular formula is C21H14F5N. The first-order valence-electron chi connectivity index (χ1n) is 8.26. The van der Waals surface area contributed by atoms with Gasteiger partial charge in [0.15, 0.2) is 0 Å². The monoisotopic (exact) mass is 375 g/mol. The van der Waals surface area contributed by atoms with Crippen LogP contribution in [0.5, 0.6) is 0 Å². The van der Waals surface area contributed by atoms with Crippen molar-refractivity contribution in [3.8, 4) is 5.69 Å². The second-order valence-corrected chi connectivity index (χ2v) is 6.69. The minimum Gasteiger partial charge on any atom is -0.303 e. The van der Waals surface area contributed by atoms with Crippen molar-refractivity contribution in [3.05, 3.63) is 76.1 Å². The highest BCUT2D eigenvalue weighted by molar-refractivity contribution is 6.10. The number of hydrogen-bond donors (Lipinski definition) is 0. The van der Waals surface area contributed by atoms with Crippen LogP contribution in [0, 0.1) is 49.9 Å². The maximum absolute atomic E-state index is 14.9. The highest BCUT2D eigenvalue weighted by atomic mass is 19.1. The number of nitrogens with zero attached hydrogens (tertiary/aromatic N) is 1. The summed E-state index contributed by atoms with van der Waals surface area (Å²) in [5, 5.41) is -0.716. The van der Waals surface area contributed by atoms with Crippen molar-refractivity contribution >= 4 is 21.8 Å². The third-order valence-electron chi connectivity index (χ3n) is 4.85. The fourth-order valence-corrected chi connectivity index (χ4v) is 3.47. The van der Waals surface area contributed by atoms with Crippen LogP contribution in [0.3, 0.4) is 0 Å². The van der Waals surface area contributed by atoms with Gasteiger partial charge in [0, 0.05) is 5.69 Å². The van der Waals surface area contributed by atoms with E-state index in [0.29, 0.717) is 5.56 Å². The van der Waals surface area contributed by atoms with E-state index in [1.165, 1.54) is 32.9 Å². The molecule has 138 valence electrons. The van der Waals surface area contributed by atoms with Gasteiger partial charge >= 0.3 is 0 Å². The standard InChI is InChI=1S/C21H14F5N/c1-9-4-5-12(8-13(9)22)27-20-14(23)6-10(2)18(25)16(20)17-19(26)11(3)7-15(24)21(17)27/h4-8H,1-3H3. The van der Waals surface area contributed by atoms with Gasteiger partial charge in [-0.15, -0.1) is 0 Å². The number of aryl methyl sites for hydroxylation is 3. The van der Waals surface area contributed by atoms with Crippen molar-refractivity contribution in [3.63, 3.8) is 0 Å². The summed E-state index contributed by atoms with van der Waals surface area (Å²) in [5.74, 6) is -3.98. The quantitative estimate of drug-likeness (QED) is 0.339. The van der Waals surface area contributed by atoms with E-state index in [9.17, 15) is 22.0 Å². The minimum absolute atomic E-state index is 0.0320. The fraction of sp³-hybridized carbons (Fsp3) is 0.143. The average molecular weight is 375 g/mol. The molecule has 1 heterocycles.